The molecule has 1 unspecified atom stereocenters. The molecule has 2 amide bonds. The molecule has 0 aliphatic carbocycles. The quantitative estimate of drug-likeness (QED) is 0.874. The molecule has 0 aromatic heterocycles. The SMILES string of the molecule is CCN(CC)C(CNC(=O)N1CCCC1)c1ccccc1. The van der Waals surface area contributed by atoms with Crippen LogP contribution in [0, 0.1) is 0 Å². The second-order valence-electron chi connectivity index (χ2n) is 5.53. The molecule has 0 saturated carbocycles. The molecule has 1 atom stereocenters. The van der Waals surface area contributed by atoms with Crippen LogP contribution in [0.4, 0.5) is 4.79 Å². The fourth-order valence-corrected chi connectivity index (χ4v) is 3.01. The highest BCUT2D eigenvalue weighted by Gasteiger charge is 2.21. The third-order valence-electron chi connectivity index (χ3n) is 4.28. The Bertz CT molecular complexity index is 425. The molecule has 21 heavy (non-hydrogen) atoms. The maximum absolute atomic E-state index is 12.2. The van der Waals surface area contributed by atoms with Gasteiger partial charge in [-0.2, -0.15) is 0 Å². The van der Waals surface area contributed by atoms with E-state index in [-0.39, 0.29) is 12.1 Å². The van der Waals surface area contributed by atoms with Crippen LogP contribution in [0.1, 0.15) is 38.3 Å². The minimum atomic E-state index is 0.0839. The minimum Gasteiger partial charge on any atom is -0.336 e. The second kappa shape index (κ2) is 8.03. The van der Waals surface area contributed by atoms with Crippen LogP contribution in [-0.2, 0) is 0 Å². The summed E-state index contributed by atoms with van der Waals surface area (Å²) in [5.74, 6) is 0. The number of hydrogen-bond donors (Lipinski definition) is 1. The summed E-state index contributed by atoms with van der Waals surface area (Å²) in [5.41, 5.74) is 1.27. The summed E-state index contributed by atoms with van der Waals surface area (Å²) in [7, 11) is 0. The van der Waals surface area contributed by atoms with Crippen molar-refractivity contribution in [2.24, 2.45) is 0 Å². The molecule has 0 spiro atoms. The van der Waals surface area contributed by atoms with Gasteiger partial charge in [-0.05, 0) is 31.5 Å². The average Bonchev–Trinajstić information content (AvgIpc) is 3.06. The van der Waals surface area contributed by atoms with Gasteiger partial charge in [0, 0.05) is 19.6 Å². The molecule has 1 aromatic carbocycles. The van der Waals surface area contributed by atoms with Crippen molar-refractivity contribution in [3.63, 3.8) is 0 Å². The van der Waals surface area contributed by atoms with Crippen LogP contribution in [0.25, 0.3) is 0 Å². The molecule has 1 aliphatic heterocycles. The molecular formula is C17H27N3O. The van der Waals surface area contributed by atoms with E-state index in [1.807, 2.05) is 11.0 Å². The lowest BCUT2D eigenvalue weighted by molar-refractivity contribution is 0.190. The van der Waals surface area contributed by atoms with Crippen LogP contribution in [0.3, 0.4) is 0 Å². The first-order valence-electron chi connectivity index (χ1n) is 8.08. The number of carbonyl (C=O) groups excluding carboxylic acids is 1. The van der Waals surface area contributed by atoms with Crippen LogP contribution >= 0.6 is 0 Å². The van der Waals surface area contributed by atoms with Gasteiger partial charge in [-0.1, -0.05) is 44.2 Å². The molecule has 0 radical (unpaired) electrons. The summed E-state index contributed by atoms with van der Waals surface area (Å²) in [6.45, 7) is 8.76. The Morgan fingerprint density at radius 2 is 1.81 bits per heavy atom. The van der Waals surface area contributed by atoms with Gasteiger partial charge in [0.2, 0.25) is 0 Å². The van der Waals surface area contributed by atoms with Gasteiger partial charge in [-0.25, -0.2) is 4.79 Å². The van der Waals surface area contributed by atoms with Crippen molar-refractivity contribution >= 4 is 6.03 Å². The lowest BCUT2D eigenvalue weighted by Crippen LogP contribution is -2.43. The first-order valence-corrected chi connectivity index (χ1v) is 8.08. The molecule has 2 rings (SSSR count). The van der Waals surface area contributed by atoms with Crippen LogP contribution < -0.4 is 5.32 Å². The summed E-state index contributed by atoms with van der Waals surface area (Å²) >= 11 is 0. The van der Waals surface area contributed by atoms with Crippen molar-refractivity contribution in [2.75, 3.05) is 32.7 Å². The van der Waals surface area contributed by atoms with E-state index >= 15 is 0 Å². The van der Waals surface area contributed by atoms with Crippen molar-refractivity contribution in [1.82, 2.24) is 15.1 Å². The Morgan fingerprint density at radius 1 is 1.19 bits per heavy atom. The smallest absolute Gasteiger partial charge is 0.317 e. The number of rotatable bonds is 6. The van der Waals surface area contributed by atoms with Gasteiger partial charge in [-0.3, -0.25) is 4.90 Å². The summed E-state index contributed by atoms with van der Waals surface area (Å²) in [4.78, 5) is 16.5. The van der Waals surface area contributed by atoms with E-state index in [1.165, 1.54) is 5.56 Å². The van der Waals surface area contributed by atoms with Crippen molar-refractivity contribution in [3.05, 3.63) is 35.9 Å². The average molecular weight is 289 g/mol. The van der Waals surface area contributed by atoms with Gasteiger partial charge in [0.15, 0.2) is 0 Å². The lowest BCUT2D eigenvalue weighted by Gasteiger charge is -2.31. The van der Waals surface area contributed by atoms with Gasteiger partial charge in [0.25, 0.3) is 0 Å². The normalized spacial score (nSPS) is 16.2. The molecule has 116 valence electrons. The highest BCUT2D eigenvalue weighted by Crippen LogP contribution is 2.19. The van der Waals surface area contributed by atoms with E-state index in [1.54, 1.807) is 0 Å². The van der Waals surface area contributed by atoms with Crippen molar-refractivity contribution < 1.29 is 4.79 Å². The zero-order valence-corrected chi connectivity index (χ0v) is 13.2. The van der Waals surface area contributed by atoms with Gasteiger partial charge in [0.05, 0.1) is 6.04 Å². The highest BCUT2D eigenvalue weighted by atomic mass is 16.2. The summed E-state index contributed by atoms with van der Waals surface area (Å²) < 4.78 is 0. The maximum atomic E-state index is 12.2. The Kier molecular flexibility index (Phi) is 6.05. The summed E-state index contributed by atoms with van der Waals surface area (Å²) in [6.07, 6.45) is 2.26. The lowest BCUT2D eigenvalue weighted by atomic mass is 10.1. The molecule has 4 heteroatoms. The number of nitrogens with one attached hydrogen (secondary N) is 1. The monoisotopic (exact) mass is 289 g/mol. The van der Waals surface area contributed by atoms with Crippen molar-refractivity contribution in [1.29, 1.82) is 0 Å². The topological polar surface area (TPSA) is 35.6 Å². The predicted octanol–water partition coefficient (Wildman–Crippen LogP) is 2.87. The second-order valence-corrected chi connectivity index (χ2v) is 5.53. The Morgan fingerprint density at radius 3 is 2.38 bits per heavy atom. The number of likely N-dealkylation sites (N-methyl/N-ethyl adjacent to an activating group) is 1. The molecule has 1 N–H and O–H groups in total. The number of benzene rings is 1. The number of likely N-dealkylation sites (tertiary alicyclic amines) is 1. The number of nitrogens with zero attached hydrogens (tertiary/aromatic N) is 2. The first-order chi connectivity index (χ1) is 10.3. The molecule has 1 aromatic rings. The third kappa shape index (κ3) is 4.21. The molecular weight excluding hydrogens is 262 g/mol. The van der Waals surface area contributed by atoms with E-state index in [4.69, 9.17) is 0 Å². The predicted molar refractivity (Wildman–Crippen MR) is 86.3 cm³/mol. The number of carbonyl (C=O) groups is 1. The molecule has 0 bridgehead atoms. The van der Waals surface area contributed by atoms with Crippen LogP contribution in [0.2, 0.25) is 0 Å². The Hall–Kier alpha value is -1.55. The molecule has 4 nitrogen and oxygen atoms in total. The summed E-state index contributed by atoms with van der Waals surface area (Å²) in [6, 6.07) is 10.8. The summed E-state index contributed by atoms with van der Waals surface area (Å²) in [5, 5.41) is 3.12. The van der Waals surface area contributed by atoms with Gasteiger partial charge < -0.3 is 10.2 Å². The van der Waals surface area contributed by atoms with E-state index in [9.17, 15) is 4.79 Å². The Labute approximate surface area is 128 Å². The number of urea groups is 1. The molecule has 1 heterocycles. The van der Waals surface area contributed by atoms with E-state index in [2.05, 4.69) is 48.3 Å². The number of amides is 2. The number of hydrogen-bond acceptors (Lipinski definition) is 2. The van der Waals surface area contributed by atoms with Gasteiger partial charge in [0.1, 0.15) is 0 Å². The van der Waals surface area contributed by atoms with Crippen molar-refractivity contribution in [3.8, 4) is 0 Å². The first kappa shape index (κ1) is 15.8. The minimum absolute atomic E-state index is 0.0839. The van der Waals surface area contributed by atoms with E-state index in [0.717, 1.165) is 39.0 Å². The van der Waals surface area contributed by atoms with Gasteiger partial charge >= 0.3 is 6.03 Å². The van der Waals surface area contributed by atoms with Crippen LogP contribution in [0.5, 0.6) is 0 Å². The van der Waals surface area contributed by atoms with Crippen LogP contribution in [-0.4, -0.2) is 48.6 Å². The molecule has 1 saturated heterocycles. The zero-order chi connectivity index (χ0) is 15.1. The van der Waals surface area contributed by atoms with E-state index < -0.39 is 0 Å². The fraction of sp³-hybridized carbons (Fsp3) is 0.588. The fourth-order valence-electron chi connectivity index (χ4n) is 3.01. The zero-order valence-electron chi connectivity index (χ0n) is 13.2. The Balaban J connectivity index is 2.00. The molecule has 1 aliphatic rings. The van der Waals surface area contributed by atoms with E-state index in [0.29, 0.717) is 6.54 Å². The largest absolute Gasteiger partial charge is 0.336 e. The maximum Gasteiger partial charge on any atom is 0.317 e. The van der Waals surface area contributed by atoms with Gasteiger partial charge in [-0.15, -0.1) is 0 Å². The standard InChI is InChI=1S/C17H27N3O/c1-3-19(4-2)16(15-10-6-5-7-11-15)14-18-17(21)20-12-8-9-13-20/h5-7,10-11,16H,3-4,8-9,12-14H2,1-2H3,(H,18,21). The molecule has 1 fully saturated rings. The van der Waals surface area contributed by atoms with Crippen LogP contribution in [0.15, 0.2) is 30.3 Å². The highest BCUT2D eigenvalue weighted by molar-refractivity contribution is 5.74. The van der Waals surface area contributed by atoms with Crippen molar-refractivity contribution in [2.45, 2.75) is 32.7 Å². The third-order valence-corrected chi connectivity index (χ3v) is 4.28.